The minimum absolute atomic E-state index is 0.0270. The Bertz CT molecular complexity index is 953. The Kier molecular flexibility index (Phi) is 4.43. The highest BCUT2D eigenvalue weighted by Crippen LogP contribution is 2.32. The molecule has 6 heteroatoms. The van der Waals surface area contributed by atoms with E-state index in [0.29, 0.717) is 5.69 Å². The fourth-order valence-corrected chi connectivity index (χ4v) is 2.33. The highest BCUT2D eigenvalue weighted by molar-refractivity contribution is 5.87. The summed E-state index contributed by atoms with van der Waals surface area (Å²) >= 11 is 0. The van der Waals surface area contributed by atoms with Crippen LogP contribution in [0.25, 0.3) is 11.1 Å². The van der Waals surface area contributed by atoms with Crippen molar-refractivity contribution in [1.82, 2.24) is 0 Å². The molecule has 0 aromatic heterocycles. The van der Waals surface area contributed by atoms with E-state index in [1.54, 1.807) is 12.1 Å². The van der Waals surface area contributed by atoms with E-state index in [0.717, 1.165) is 11.1 Å². The van der Waals surface area contributed by atoms with E-state index in [-0.39, 0.29) is 22.7 Å². The first kappa shape index (κ1) is 16.2. The van der Waals surface area contributed by atoms with Crippen LogP contribution in [-0.4, -0.2) is 21.4 Å². The zero-order valence-corrected chi connectivity index (χ0v) is 13.0. The van der Waals surface area contributed by atoms with E-state index < -0.39 is 4.92 Å². The van der Waals surface area contributed by atoms with Crippen LogP contribution in [0.4, 0.5) is 11.4 Å². The number of hydrogen-bond donors (Lipinski definition) is 2. The van der Waals surface area contributed by atoms with Crippen molar-refractivity contribution in [2.45, 2.75) is 0 Å². The number of non-ortho nitro benzene ring substituents is 1. The number of aromatic hydroxyl groups is 2. The van der Waals surface area contributed by atoms with Crippen LogP contribution in [0.15, 0.2) is 71.7 Å². The van der Waals surface area contributed by atoms with Crippen LogP contribution in [0, 0.1) is 10.1 Å². The van der Waals surface area contributed by atoms with Gasteiger partial charge in [-0.15, -0.1) is 0 Å². The van der Waals surface area contributed by atoms with Gasteiger partial charge in [-0.25, -0.2) is 0 Å². The molecule has 0 aliphatic heterocycles. The number of nitrogens with zero attached hydrogens (tertiary/aromatic N) is 2. The lowest BCUT2D eigenvalue weighted by Gasteiger charge is -2.05. The number of phenolic OH excluding ortho intramolecular Hbond substituents is 2. The van der Waals surface area contributed by atoms with Gasteiger partial charge in [-0.05, 0) is 29.3 Å². The van der Waals surface area contributed by atoms with Gasteiger partial charge in [0.15, 0.2) is 0 Å². The first-order chi connectivity index (χ1) is 12.0. The summed E-state index contributed by atoms with van der Waals surface area (Å²) in [6.07, 6.45) is 1.28. The predicted molar refractivity (Wildman–Crippen MR) is 95.6 cm³/mol. The Labute approximate surface area is 143 Å². The van der Waals surface area contributed by atoms with Crippen molar-refractivity contribution < 1.29 is 15.1 Å². The lowest BCUT2D eigenvalue weighted by molar-refractivity contribution is -0.384. The van der Waals surface area contributed by atoms with Gasteiger partial charge in [0.25, 0.3) is 5.69 Å². The Morgan fingerprint density at radius 3 is 2.32 bits per heavy atom. The fraction of sp³-hybridized carbons (Fsp3) is 0. The van der Waals surface area contributed by atoms with Crippen molar-refractivity contribution in [2.75, 3.05) is 0 Å². The van der Waals surface area contributed by atoms with Gasteiger partial charge in [-0.3, -0.25) is 15.1 Å². The van der Waals surface area contributed by atoms with Crippen molar-refractivity contribution in [1.29, 1.82) is 0 Å². The van der Waals surface area contributed by atoms with Crippen LogP contribution in [0.2, 0.25) is 0 Å². The molecular weight excluding hydrogens is 320 g/mol. The summed E-state index contributed by atoms with van der Waals surface area (Å²) in [5.41, 5.74) is 2.18. The summed E-state index contributed by atoms with van der Waals surface area (Å²) in [6, 6.07) is 18.3. The van der Waals surface area contributed by atoms with Crippen molar-refractivity contribution in [3.05, 3.63) is 82.4 Å². The molecular formula is C19H14N2O4. The predicted octanol–water partition coefficient (Wildman–Crippen LogP) is 4.42. The SMILES string of the molecule is O=[N+]([O-])c1ccc(O)c(C=Nc2cc(-c3ccccc3)ccc2O)c1. The van der Waals surface area contributed by atoms with Crippen LogP contribution < -0.4 is 0 Å². The summed E-state index contributed by atoms with van der Waals surface area (Å²) in [6.45, 7) is 0. The maximum Gasteiger partial charge on any atom is 0.270 e. The molecule has 0 radical (unpaired) electrons. The smallest absolute Gasteiger partial charge is 0.270 e. The van der Waals surface area contributed by atoms with Crippen LogP contribution in [0.5, 0.6) is 11.5 Å². The molecule has 25 heavy (non-hydrogen) atoms. The fourth-order valence-electron chi connectivity index (χ4n) is 2.33. The van der Waals surface area contributed by atoms with Crippen molar-refractivity contribution in [3.63, 3.8) is 0 Å². The summed E-state index contributed by atoms with van der Waals surface area (Å²) in [5, 5.41) is 30.6. The molecule has 0 atom stereocenters. The summed E-state index contributed by atoms with van der Waals surface area (Å²) in [4.78, 5) is 14.4. The molecule has 0 aliphatic rings. The number of nitro groups is 1. The minimum atomic E-state index is -0.551. The molecule has 0 fully saturated rings. The first-order valence-electron chi connectivity index (χ1n) is 7.44. The van der Waals surface area contributed by atoms with E-state index in [9.17, 15) is 20.3 Å². The zero-order chi connectivity index (χ0) is 17.8. The molecule has 124 valence electrons. The van der Waals surface area contributed by atoms with Gasteiger partial charge in [0.1, 0.15) is 17.2 Å². The average molecular weight is 334 g/mol. The van der Waals surface area contributed by atoms with Gasteiger partial charge in [-0.1, -0.05) is 36.4 Å². The highest BCUT2D eigenvalue weighted by Gasteiger charge is 2.09. The largest absolute Gasteiger partial charge is 0.507 e. The molecule has 0 heterocycles. The number of rotatable bonds is 4. The Morgan fingerprint density at radius 1 is 0.880 bits per heavy atom. The Balaban J connectivity index is 1.97. The standard InChI is InChI=1S/C19H14N2O4/c22-18-9-7-16(21(24)25)10-15(18)12-20-17-11-14(6-8-19(17)23)13-4-2-1-3-5-13/h1-12,22-23H. The van der Waals surface area contributed by atoms with E-state index in [1.165, 1.54) is 30.5 Å². The molecule has 0 saturated heterocycles. The summed E-state index contributed by atoms with van der Waals surface area (Å²) in [5.74, 6) is -0.158. The number of nitro benzene ring substituents is 1. The van der Waals surface area contributed by atoms with Gasteiger partial charge in [-0.2, -0.15) is 0 Å². The van der Waals surface area contributed by atoms with Gasteiger partial charge < -0.3 is 10.2 Å². The van der Waals surface area contributed by atoms with Gasteiger partial charge in [0.2, 0.25) is 0 Å². The van der Waals surface area contributed by atoms with Crippen LogP contribution in [-0.2, 0) is 0 Å². The third-order valence-electron chi connectivity index (χ3n) is 3.65. The van der Waals surface area contributed by atoms with E-state index in [2.05, 4.69) is 4.99 Å². The third kappa shape index (κ3) is 3.64. The van der Waals surface area contributed by atoms with Gasteiger partial charge >= 0.3 is 0 Å². The van der Waals surface area contributed by atoms with Gasteiger partial charge in [0, 0.05) is 23.9 Å². The maximum absolute atomic E-state index is 10.8. The number of benzene rings is 3. The topological polar surface area (TPSA) is 96.0 Å². The molecule has 0 bridgehead atoms. The second-order valence-corrected chi connectivity index (χ2v) is 5.33. The molecule has 0 amide bonds. The van der Waals surface area contributed by atoms with Crippen LogP contribution >= 0.6 is 0 Å². The molecule has 0 saturated carbocycles. The lowest BCUT2D eigenvalue weighted by atomic mass is 10.0. The first-order valence-corrected chi connectivity index (χ1v) is 7.44. The monoisotopic (exact) mass is 334 g/mol. The third-order valence-corrected chi connectivity index (χ3v) is 3.65. The number of aliphatic imine (C=N–C) groups is 1. The number of phenols is 2. The van der Waals surface area contributed by atoms with Crippen LogP contribution in [0.1, 0.15) is 5.56 Å². The molecule has 0 spiro atoms. The zero-order valence-electron chi connectivity index (χ0n) is 13.0. The lowest BCUT2D eigenvalue weighted by Crippen LogP contribution is -1.90. The quantitative estimate of drug-likeness (QED) is 0.419. The van der Waals surface area contributed by atoms with Crippen molar-refractivity contribution in [3.8, 4) is 22.6 Å². The second-order valence-electron chi connectivity index (χ2n) is 5.33. The minimum Gasteiger partial charge on any atom is -0.507 e. The Hall–Kier alpha value is -3.67. The normalized spacial score (nSPS) is 10.9. The maximum atomic E-state index is 10.8. The highest BCUT2D eigenvalue weighted by atomic mass is 16.6. The molecule has 3 rings (SSSR count). The Morgan fingerprint density at radius 2 is 1.60 bits per heavy atom. The molecule has 0 aliphatic carbocycles. The number of hydrogen-bond acceptors (Lipinski definition) is 5. The second kappa shape index (κ2) is 6.84. The molecule has 3 aromatic carbocycles. The van der Waals surface area contributed by atoms with Crippen molar-refractivity contribution >= 4 is 17.6 Å². The van der Waals surface area contributed by atoms with E-state index in [1.807, 2.05) is 30.3 Å². The summed E-state index contributed by atoms with van der Waals surface area (Å²) in [7, 11) is 0. The summed E-state index contributed by atoms with van der Waals surface area (Å²) < 4.78 is 0. The molecule has 3 aromatic rings. The molecule has 0 unspecified atom stereocenters. The molecule has 6 nitrogen and oxygen atoms in total. The van der Waals surface area contributed by atoms with E-state index in [4.69, 9.17) is 0 Å². The van der Waals surface area contributed by atoms with Crippen molar-refractivity contribution in [2.24, 2.45) is 4.99 Å². The van der Waals surface area contributed by atoms with Gasteiger partial charge in [0.05, 0.1) is 4.92 Å². The average Bonchev–Trinajstić information content (AvgIpc) is 2.62. The molecule has 2 N–H and O–H groups in total. The van der Waals surface area contributed by atoms with E-state index >= 15 is 0 Å². The van der Waals surface area contributed by atoms with Crippen LogP contribution in [0.3, 0.4) is 0 Å².